The molecule has 2 aliphatic heterocycles. The molecule has 1 aromatic carbocycles. The first-order valence-electron chi connectivity index (χ1n) is 7.78. The maximum atomic E-state index is 5.41. The van der Waals surface area contributed by atoms with Gasteiger partial charge in [-0.3, -0.25) is 0 Å². The van der Waals surface area contributed by atoms with Crippen LogP contribution in [0.15, 0.2) is 24.3 Å². The Labute approximate surface area is 121 Å². The number of hydrogen-bond donors (Lipinski definition) is 1. The van der Waals surface area contributed by atoms with E-state index in [0.29, 0.717) is 6.04 Å². The van der Waals surface area contributed by atoms with Gasteiger partial charge in [0.15, 0.2) is 0 Å². The van der Waals surface area contributed by atoms with Crippen LogP contribution in [0.2, 0.25) is 0 Å². The van der Waals surface area contributed by atoms with Gasteiger partial charge in [-0.25, -0.2) is 0 Å². The lowest BCUT2D eigenvalue weighted by Crippen LogP contribution is -2.50. The van der Waals surface area contributed by atoms with Gasteiger partial charge >= 0.3 is 0 Å². The summed E-state index contributed by atoms with van der Waals surface area (Å²) >= 11 is 0. The van der Waals surface area contributed by atoms with Crippen LogP contribution in [0, 0.1) is 0 Å². The summed E-state index contributed by atoms with van der Waals surface area (Å²) in [6.07, 6.45) is 1.20. The predicted molar refractivity (Wildman–Crippen MR) is 83.8 cm³/mol. The number of ether oxygens (including phenoxy) is 1. The van der Waals surface area contributed by atoms with Crippen molar-refractivity contribution in [2.45, 2.75) is 19.4 Å². The number of anilines is 2. The van der Waals surface area contributed by atoms with Crippen LogP contribution in [0.4, 0.5) is 11.4 Å². The van der Waals surface area contributed by atoms with E-state index in [2.05, 4.69) is 46.3 Å². The van der Waals surface area contributed by atoms with Crippen LogP contribution in [-0.4, -0.2) is 52.0 Å². The molecule has 0 bridgehead atoms. The van der Waals surface area contributed by atoms with Crippen molar-refractivity contribution in [3.05, 3.63) is 24.3 Å². The van der Waals surface area contributed by atoms with E-state index in [1.807, 2.05) is 0 Å². The van der Waals surface area contributed by atoms with Crippen LogP contribution < -0.4 is 15.1 Å². The minimum atomic E-state index is 0.627. The fourth-order valence-corrected chi connectivity index (χ4v) is 3.03. The molecule has 2 heterocycles. The van der Waals surface area contributed by atoms with Gasteiger partial charge in [-0.1, -0.05) is 6.92 Å². The maximum Gasteiger partial charge on any atom is 0.0642 e. The molecule has 0 aliphatic carbocycles. The predicted octanol–water partition coefficient (Wildman–Crippen LogP) is 1.71. The minimum absolute atomic E-state index is 0.627. The number of piperazine rings is 1. The molecule has 4 nitrogen and oxygen atoms in total. The topological polar surface area (TPSA) is 27.7 Å². The van der Waals surface area contributed by atoms with Gasteiger partial charge in [-0.05, 0) is 30.7 Å². The third kappa shape index (κ3) is 3.07. The number of morpholine rings is 1. The fourth-order valence-electron chi connectivity index (χ4n) is 3.03. The summed E-state index contributed by atoms with van der Waals surface area (Å²) in [6.45, 7) is 9.26. The lowest BCUT2D eigenvalue weighted by atomic mass is 10.1. The molecule has 110 valence electrons. The number of nitrogens with one attached hydrogen (secondary N) is 1. The quantitative estimate of drug-likeness (QED) is 0.909. The van der Waals surface area contributed by atoms with Crippen LogP contribution in [0.3, 0.4) is 0 Å². The number of hydrogen-bond acceptors (Lipinski definition) is 4. The van der Waals surface area contributed by atoms with E-state index in [9.17, 15) is 0 Å². The summed E-state index contributed by atoms with van der Waals surface area (Å²) in [6, 6.07) is 9.67. The van der Waals surface area contributed by atoms with E-state index in [4.69, 9.17) is 4.74 Å². The second-order valence-electron chi connectivity index (χ2n) is 5.62. The summed E-state index contributed by atoms with van der Waals surface area (Å²) in [5, 5.41) is 3.57. The molecule has 2 aliphatic rings. The minimum Gasteiger partial charge on any atom is -0.378 e. The monoisotopic (exact) mass is 275 g/mol. The number of nitrogens with zero attached hydrogens (tertiary/aromatic N) is 2. The second-order valence-corrected chi connectivity index (χ2v) is 5.62. The molecular formula is C16H25N3O. The van der Waals surface area contributed by atoms with Gasteiger partial charge < -0.3 is 19.9 Å². The van der Waals surface area contributed by atoms with Crippen molar-refractivity contribution in [2.75, 3.05) is 55.7 Å². The van der Waals surface area contributed by atoms with Crippen molar-refractivity contribution in [1.82, 2.24) is 5.32 Å². The average Bonchev–Trinajstić information content (AvgIpc) is 2.56. The first kappa shape index (κ1) is 13.7. The van der Waals surface area contributed by atoms with Crippen molar-refractivity contribution >= 4 is 11.4 Å². The van der Waals surface area contributed by atoms with Crippen molar-refractivity contribution in [3.8, 4) is 0 Å². The summed E-state index contributed by atoms with van der Waals surface area (Å²) in [5.74, 6) is 0. The Morgan fingerprint density at radius 1 is 1.05 bits per heavy atom. The molecule has 1 aromatic rings. The molecule has 4 heteroatoms. The Morgan fingerprint density at radius 3 is 2.35 bits per heavy atom. The molecule has 3 rings (SSSR count). The molecule has 0 aromatic heterocycles. The summed E-state index contributed by atoms with van der Waals surface area (Å²) in [7, 11) is 0. The lowest BCUT2D eigenvalue weighted by molar-refractivity contribution is 0.122. The maximum absolute atomic E-state index is 5.41. The Bertz CT molecular complexity index is 414. The van der Waals surface area contributed by atoms with Gasteiger partial charge in [-0.15, -0.1) is 0 Å². The first-order chi connectivity index (χ1) is 9.86. The second kappa shape index (κ2) is 6.46. The molecular weight excluding hydrogens is 250 g/mol. The molecule has 1 unspecified atom stereocenters. The Morgan fingerprint density at radius 2 is 1.70 bits per heavy atom. The van der Waals surface area contributed by atoms with Crippen LogP contribution in [-0.2, 0) is 4.74 Å². The molecule has 0 saturated carbocycles. The normalized spacial score (nSPS) is 23.9. The largest absolute Gasteiger partial charge is 0.378 e. The third-order valence-electron chi connectivity index (χ3n) is 4.34. The van der Waals surface area contributed by atoms with Crippen molar-refractivity contribution in [1.29, 1.82) is 0 Å². The zero-order valence-electron chi connectivity index (χ0n) is 12.3. The van der Waals surface area contributed by atoms with Crippen molar-refractivity contribution < 1.29 is 4.74 Å². The lowest BCUT2D eigenvalue weighted by Gasteiger charge is -2.35. The summed E-state index contributed by atoms with van der Waals surface area (Å²) in [5.41, 5.74) is 2.67. The molecule has 2 fully saturated rings. The van der Waals surface area contributed by atoms with Gasteiger partial charge in [0.05, 0.1) is 13.2 Å². The Kier molecular flexibility index (Phi) is 4.43. The van der Waals surface area contributed by atoms with E-state index >= 15 is 0 Å². The molecule has 20 heavy (non-hydrogen) atoms. The van der Waals surface area contributed by atoms with Gasteiger partial charge in [-0.2, -0.15) is 0 Å². The molecule has 1 N–H and O–H groups in total. The van der Waals surface area contributed by atoms with Crippen molar-refractivity contribution in [3.63, 3.8) is 0 Å². The zero-order chi connectivity index (χ0) is 13.8. The molecule has 0 amide bonds. The molecule has 0 radical (unpaired) electrons. The number of benzene rings is 1. The van der Waals surface area contributed by atoms with Gasteiger partial charge in [0, 0.05) is 50.1 Å². The molecule has 1 atom stereocenters. The Hall–Kier alpha value is -1.26. The molecule has 2 saturated heterocycles. The highest BCUT2D eigenvalue weighted by atomic mass is 16.5. The highest BCUT2D eigenvalue weighted by molar-refractivity contribution is 5.56. The van der Waals surface area contributed by atoms with Gasteiger partial charge in [0.25, 0.3) is 0 Å². The van der Waals surface area contributed by atoms with Gasteiger partial charge in [0.1, 0.15) is 0 Å². The van der Waals surface area contributed by atoms with E-state index in [1.54, 1.807) is 0 Å². The third-order valence-corrected chi connectivity index (χ3v) is 4.34. The van der Waals surface area contributed by atoms with E-state index in [1.165, 1.54) is 17.8 Å². The van der Waals surface area contributed by atoms with E-state index in [-0.39, 0.29) is 0 Å². The van der Waals surface area contributed by atoms with E-state index in [0.717, 1.165) is 45.9 Å². The zero-order valence-corrected chi connectivity index (χ0v) is 12.3. The van der Waals surface area contributed by atoms with Crippen molar-refractivity contribution in [2.24, 2.45) is 0 Å². The Balaban J connectivity index is 1.66. The smallest absolute Gasteiger partial charge is 0.0642 e. The summed E-state index contributed by atoms with van der Waals surface area (Å²) < 4.78 is 5.41. The standard InChI is InChI=1S/C16H25N3O/c1-2-14-13-19(8-7-17-14)16-5-3-15(4-6-16)18-9-11-20-12-10-18/h3-6,14,17H,2,7-13H2,1H3. The van der Waals surface area contributed by atoms with Crippen LogP contribution in [0.1, 0.15) is 13.3 Å². The fraction of sp³-hybridized carbons (Fsp3) is 0.625. The molecule has 0 spiro atoms. The van der Waals surface area contributed by atoms with Gasteiger partial charge in [0.2, 0.25) is 0 Å². The summed E-state index contributed by atoms with van der Waals surface area (Å²) in [4.78, 5) is 4.90. The SMILES string of the molecule is CCC1CN(c2ccc(N3CCOCC3)cc2)CCN1. The van der Waals surface area contributed by atoms with E-state index < -0.39 is 0 Å². The number of rotatable bonds is 3. The van der Waals surface area contributed by atoms with Crippen LogP contribution in [0.5, 0.6) is 0 Å². The first-order valence-corrected chi connectivity index (χ1v) is 7.78. The highest BCUT2D eigenvalue weighted by Gasteiger charge is 2.18. The average molecular weight is 275 g/mol. The highest BCUT2D eigenvalue weighted by Crippen LogP contribution is 2.22. The van der Waals surface area contributed by atoms with Crippen LogP contribution in [0.25, 0.3) is 0 Å². The van der Waals surface area contributed by atoms with Crippen LogP contribution >= 0.6 is 0 Å².